The van der Waals surface area contributed by atoms with Crippen LogP contribution in [0.5, 0.6) is 0 Å². The van der Waals surface area contributed by atoms with Crippen molar-refractivity contribution in [1.82, 2.24) is 9.97 Å². The summed E-state index contributed by atoms with van der Waals surface area (Å²) in [4.78, 5) is 30.6. The van der Waals surface area contributed by atoms with Crippen LogP contribution in [0.25, 0.3) is 10.9 Å². The minimum Gasteiger partial charge on any atom is -0.326 e. The number of hydrogen-bond donors (Lipinski definition) is 2. The fraction of sp³-hybridized carbons (Fsp3) is 0.0625. The van der Waals surface area contributed by atoms with Crippen LogP contribution in [0.4, 0.5) is 5.69 Å². The molecule has 0 radical (unpaired) electrons. The molecule has 104 valence electrons. The standard InChI is InChI=1S/C16H13N3O2/c1-10-8-12(9-14(20)18-10)16(21)19-13-6-2-4-11-5-3-7-17-15(11)13/h2-9H,1H3,(H,18,20)(H,19,21). The number of aromatic amines is 1. The number of aromatic nitrogens is 2. The van der Waals surface area contributed by atoms with Crippen molar-refractivity contribution in [1.29, 1.82) is 0 Å². The lowest BCUT2D eigenvalue weighted by Gasteiger charge is -2.08. The summed E-state index contributed by atoms with van der Waals surface area (Å²) in [5, 5.41) is 3.74. The van der Waals surface area contributed by atoms with Gasteiger partial charge in [0, 0.05) is 28.9 Å². The predicted octanol–water partition coefficient (Wildman–Crippen LogP) is 2.48. The molecule has 0 bridgehead atoms. The zero-order chi connectivity index (χ0) is 14.8. The van der Waals surface area contributed by atoms with Crippen LogP contribution in [-0.4, -0.2) is 15.9 Å². The van der Waals surface area contributed by atoms with Crippen LogP contribution in [0.2, 0.25) is 0 Å². The summed E-state index contributed by atoms with van der Waals surface area (Å²) < 4.78 is 0. The van der Waals surface area contributed by atoms with E-state index in [4.69, 9.17) is 0 Å². The van der Waals surface area contributed by atoms with Gasteiger partial charge in [-0.3, -0.25) is 14.6 Å². The summed E-state index contributed by atoms with van der Waals surface area (Å²) in [5.41, 5.74) is 2.01. The van der Waals surface area contributed by atoms with Gasteiger partial charge >= 0.3 is 0 Å². The molecule has 0 spiro atoms. The second-order valence-corrected chi connectivity index (χ2v) is 4.75. The second-order valence-electron chi connectivity index (χ2n) is 4.75. The van der Waals surface area contributed by atoms with E-state index in [1.807, 2.05) is 24.3 Å². The maximum atomic E-state index is 12.3. The molecule has 0 aliphatic rings. The number of nitrogens with zero attached hydrogens (tertiary/aromatic N) is 1. The number of aryl methyl sites for hydroxylation is 1. The SMILES string of the molecule is Cc1cc(C(=O)Nc2cccc3cccnc23)cc(=O)[nH]1. The fourth-order valence-electron chi connectivity index (χ4n) is 2.21. The number of nitrogens with one attached hydrogen (secondary N) is 2. The number of amides is 1. The highest BCUT2D eigenvalue weighted by Gasteiger charge is 2.10. The molecule has 0 fully saturated rings. The van der Waals surface area contributed by atoms with Gasteiger partial charge < -0.3 is 10.3 Å². The number of hydrogen-bond acceptors (Lipinski definition) is 3. The minimum atomic E-state index is -0.331. The third kappa shape index (κ3) is 2.67. The van der Waals surface area contributed by atoms with Gasteiger partial charge in [0.15, 0.2) is 0 Å². The van der Waals surface area contributed by atoms with Crippen LogP contribution in [0, 0.1) is 6.92 Å². The number of carbonyl (C=O) groups is 1. The lowest BCUT2D eigenvalue weighted by molar-refractivity contribution is 0.102. The first-order chi connectivity index (χ1) is 10.1. The molecular weight excluding hydrogens is 266 g/mol. The Hall–Kier alpha value is -2.95. The summed E-state index contributed by atoms with van der Waals surface area (Å²) in [6, 6.07) is 12.2. The summed E-state index contributed by atoms with van der Waals surface area (Å²) in [6.07, 6.45) is 1.68. The molecule has 0 unspecified atom stereocenters. The fourth-order valence-corrected chi connectivity index (χ4v) is 2.21. The number of fused-ring (bicyclic) bond motifs is 1. The van der Waals surface area contributed by atoms with Gasteiger partial charge in [-0.2, -0.15) is 0 Å². The molecule has 0 saturated carbocycles. The Kier molecular flexibility index (Phi) is 3.23. The highest BCUT2D eigenvalue weighted by molar-refractivity contribution is 6.08. The average Bonchev–Trinajstić information content (AvgIpc) is 2.46. The predicted molar refractivity (Wildman–Crippen MR) is 81.5 cm³/mol. The number of pyridine rings is 2. The van der Waals surface area contributed by atoms with E-state index in [0.29, 0.717) is 16.9 Å². The normalized spacial score (nSPS) is 10.5. The Morgan fingerprint density at radius 1 is 1.19 bits per heavy atom. The van der Waals surface area contributed by atoms with Gasteiger partial charge in [-0.05, 0) is 25.1 Å². The zero-order valence-electron chi connectivity index (χ0n) is 11.4. The molecule has 5 heteroatoms. The van der Waals surface area contributed by atoms with Crippen molar-refractivity contribution in [3.05, 3.63) is 70.3 Å². The van der Waals surface area contributed by atoms with Crippen molar-refractivity contribution in [2.24, 2.45) is 0 Å². The largest absolute Gasteiger partial charge is 0.326 e. The number of rotatable bonds is 2. The smallest absolute Gasteiger partial charge is 0.255 e. The molecule has 2 aromatic heterocycles. The minimum absolute atomic E-state index is 0.295. The number of benzene rings is 1. The van der Waals surface area contributed by atoms with Gasteiger partial charge in [0.2, 0.25) is 5.56 Å². The first kappa shape index (κ1) is 13.1. The number of para-hydroxylation sites is 1. The van der Waals surface area contributed by atoms with Gasteiger partial charge in [0.1, 0.15) is 0 Å². The van der Waals surface area contributed by atoms with Gasteiger partial charge in [0.25, 0.3) is 5.91 Å². The molecule has 1 amide bonds. The molecule has 0 aliphatic carbocycles. The third-order valence-electron chi connectivity index (χ3n) is 3.12. The first-order valence-electron chi connectivity index (χ1n) is 6.49. The number of H-pyrrole nitrogens is 1. The molecule has 1 aromatic carbocycles. The second kappa shape index (κ2) is 5.20. The van der Waals surface area contributed by atoms with Gasteiger partial charge in [-0.25, -0.2) is 0 Å². The Morgan fingerprint density at radius 3 is 2.81 bits per heavy atom. The summed E-state index contributed by atoms with van der Waals surface area (Å²) >= 11 is 0. The average molecular weight is 279 g/mol. The van der Waals surface area contributed by atoms with Crippen LogP contribution < -0.4 is 10.9 Å². The molecule has 5 nitrogen and oxygen atoms in total. The number of anilines is 1. The quantitative estimate of drug-likeness (QED) is 0.756. The van der Waals surface area contributed by atoms with Crippen molar-refractivity contribution < 1.29 is 4.79 Å². The van der Waals surface area contributed by atoms with Crippen LogP contribution in [0.15, 0.2) is 53.5 Å². The van der Waals surface area contributed by atoms with E-state index in [0.717, 1.165) is 10.9 Å². The van der Waals surface area contributed by atoms with Crippen LogP contribution in [0.3, 0.4) is 0 Å². The summed E-state index contributed by atoms with van der Waals surface area (Å²) in [6.45, 7) is 1.73. The topological polar surface area (TPSA) is 74.8 Å². The van der Waals surface area contributed by atoms with Crippen molar-refractivity contribution in [2.45, 2.75) is 6.92 Å². The van der Waals surface area contributed by atoms with Gasteiger partial charge in [0.05, 0.1) is 11.2 Å². The van der Waals surface area contributed by atoms with E-state index in [1.54, 1.807) is 25.3 Å². The molecule has 0 saturated heterocycles. The van der Waals surface area contributed by atoms with Crippen molar-refractivity contribution in [2.75, 3.05) is 5.32 Å². The van der Waals surface area contributed by atoms with E-state index in [-0.39, 0.29) is 11.5 Å². The zero-order valence-corrected chi connectivity index (χ0v) is 11.4. The molecule has 0 aliphatic heterocycles. The summed E-state index contributed by atoms with van der Waals surface area (Å²) in [5.74, 6) is -0.331. The Balaban J connectivity index is 1.98. The van der Waals surface area contributed by atoms with Gasteiger partial charge in [-0.1, -0.05) is 18.2 Å². The van der Waals surface area contributed by atoms with E-state index >= 15 is 0 Å². The van der Waals surface area contributed by atoms with E-state index in [2.05, 4.69) is 15.3 Å². The molecule has 0 atom stereocenters. The molecule has 21 heavy (non-hydrogen) atoms. The van der Waals surface area contributed by atoms with Crippen molar-refractivity contribution in [3.63, 3.8) is 0 Å². The Labute approximate surface area is 120 Å². The molecule has 2 heterocycles. The summed E-state index contributed by atoms with van der Waals surface area (Å²) in [7, 11) is 0. The molecular formula is C16H13N3O2. The van der Waals surface area contributed by atoms with Crippen molar-refractivity contribution in [3.8, 4) is 0 Å². The van der Waals surface area contributed by atoms with Crippen LogP contribution >= 0.6 is 0 Å². The monoisotopic (exact) mass is 279 g/mol. The van der Waals surface area contributed by atoms with E-state index in [1.165, 1.54) is 6.07 Å². The first-order valence-corrected chi connectivity index (χ1v) is 6.49. The Bertz CT molecular complexity index is 879. The Morgan fingerprint density at radius 2 is 2.00 bits per heavy atom. The van der Waals surface area contributed by atoms with Gasteiger partial charge in [-0.15, -0.1) is 0 Å². The lowest BCUT2D eigenvalue weighted by Crippen LogP contribution is -2.17. The van der Waals surface area contributed by atoms with Crippen LogP contribution in [-0.2, 0) is 0 Å². The maximum absolute atomic E-state index is 12.3. The van der Waals surface area contributed by atoms with E-state index < -0.39 is 0 Å². The lowest BCUT2D eigenvalue weighted by atomic mass is 10.1. The van der Waals surface area contributed by atoms with E-state index in [9.17, 15) is 9.59 Å². The highest BCUT2D eigenvalue weighted by Crippen LogP contribution is 2.21. The van der Waals surface area contributed by atoms with Crippen LogP contribution in [0.1, 0.15) is 16.1 Å². The number of carbonyl (C=O) groups excluding carboxylic acids is 1. The maximum Gasteiger partial charge on any atom is 0.255 e. The molecule has 3 aromatic rings. The third-order valence-corrected chi connectivity index (χ3v) is 3.12. The van der Waals surface area contributed by atoms with Crippen molar-refractivity contribution >= 4 is 22.5 Å². The molecule has 3 rings (SSSR count). The molecule has 2 N–H and O–H groups in total. The highest BCUT2D eigenvalue weighted by atomic mass is 16.2.